The molecule has 0 N–H and O–H groups in total. The fraction of sp³-hybridized carbons (Fsp3) is 0.250. The first-order valence-corrected chi connectivity index (χ1v) is 4.32. The molecule has 0 amide bonds. The van der Waals surface area contributed by atoms with Crippen molar-refractivity contribution in [2.45, 2.75) is 20.8 Å². The molecule has 0 aliphatic carbocycles. The van der Waals surface area contributed by atoms with Gasteiger partial charge in [0.1, 0.15) is 0 Å². The van der Waals surface area contributed by atoms with Crippen LogP contribution in [0.5, 0.6) is 0 Å². The van der Waals surface area contributed by atoms with E-state index in [1.807, 2.05) is 0 Å². The van der Waals surface area contributed by atoms with Gasteiger partial charge in [-0.05, 0) is 6.92 Å². The van der Waals surface area contributed by atoms with Gasteiger partial charge in [0.05, 0.1) is 0 Å². The summed E-state index contributed by atoms with van der Waals surface area (Å²) in [5, 5.41) is 2.78. The van der Waals surface area contributed by atoms with Crippen LogP contribution in [0.2, 0.25) is 0 Å². The summed E-state index contributed by atoms with van der Waals surface area (Å²) in [5.41, 5.74) is 4.17. The van der Waals surface area contributed by atoms with E-state index >= 15 is 0 Å². The molecule has 0 unspecified atom stereocenters. The van der Waals surface area contributed by atoms with Crippen LogP contribution in [0.3, 0.4) is 0 Å². The molecule has 0 saturated heterocycles. The number of halogens is 2. The van der Waals surface area contributed by atoms with Crippen molar-refractivity contribution in [1.29, 1.82) is 0 Å². The number of aryl methyl sites for hydroxylation is 3. The monoisotopic (exact) mass is 275 g/mol. The first kappa shape index (κ1) is 17.5. The van der Waals surface area contributed by atoms with Gasteiger partial charge in [0, 0.05) is 0 Å². The number of rotatable bonds is 0. The Morgan fingerprint density at radius 2 is 1.60 bits per heavy atom. The first-order chi connectivity index (χ1) is 5.68. The van der Waals surface area contributed by atoms with Crippen LogP contribution >= 0.6 is 0 Å². The number of benzene rings is 1. The largest absolute Gasteiger partial charge is 3.00 e. The van der Waals surface area contributed by atoms with Crippen LogP contribution in [-0.4, -0.2) is 0 Å². The van der Waals surface area contributed by atoms with Gasteiger partial charge in [-0.3, -0.25) is 0 Å². The summed E-state index contributed by atoms with van der Waals surface area (Å²) in [5.74, 6) is 0. The maximum absolute atomic E-state index is 2.26. The number of fused-ring (bicyclic) bond motifs is 1. The van der Waals surface area contributed by atoms with Crippen LogP contribution in [0.4, 0.5) is 0 Å². The second kappa shape index (κ2) is 6.65. The Labute approximate surface area is 119 Å². The van der Waals surface area contributed by atoms with E-state index in [0.717, 1.165) is 0 Å². The Hall–Kier alpha value is 0.124. The Kier molecular flexibility index (Phi) is 7.77. The zero-order valence-electron chi connectivity index (χ0n) is 9.07. The number of hydrogen-bond donors (Lipinski definition) is 0. The molecule has 15 heavy (non-hydrogen) atoms. The molecule has 0 saturated carbocycles. The van der Waals surface area contributed by atoms with Crippen molar-refractivity contribution < 1.29 is 46.5 Å². The van der Waals surface area contributed by atoms with Crippen LogP contribution in [0.15, 0.2) is 24.3 Å². The Morgan fingerprint density at radius 3 is 2.20 bits per heavy atom. The molecular weight excluding hydrogens is 263 g/mol. The van der Waals surface area contributed by atoms with E-state index in [1.54, 1.807) is 0 Å². The van der Waals surface area contributed by atoms with E-state index in [-0.39, 0.29) is 46.5 Å². The van der Waals surface area contributed by atoms with E-state index in [4.69, 9.17) is 0 Å². The molecule has 0 aliphatic rings. The van der Waals surface area contributed by atoms with Gasteiger partial charge in [-0.1, -0.05) is 19.4 Å². The molecular formula is C12H13Cl2Ti. The maximum Gasteiger partial charge on any atom is 3.00 e. The van der Waals surface area contributed by atoms with Crippen LogP contribution in [-0.2, 0) is 21.7 Å². The van der Waals surface area contributed by atoms with Crippen LogP contribution in [0.1, 0.15) is 16.7 Å². The Balaban J connectivity index is 0. The molecule has 1 radical (unpaired) electrons. The second-order valence-electron chi connectivity index (χ2n) is 3.54. The zero-order valence-corrected chi connectivity index (χ0v) is 12.1. The van der Waals surface area contributed by atoms with Crippen LogP contribution in [0.25, 0.3) is 10.8 Å². The molecule has 0 nitrogen and oxygen atoms in total. The molecule has 2 rings (SSSR count). The van der Waals surface area contributed by atoms with E-state index in [9.17, 15) is 0 Å². The summed E-state index contributed by atoms with van der Waals surface area (Å²) in [7, 11) is 0. The molecule has 2 aromatic rings. The van der Waals surface area contributed by atoms with Crippen molar-refractivity contribution in [2.24, 2.45) is 0 Å². The summed E-state index contributed by atoms with van der Waals surface area (Å²) in [4.78, 5) is 0. The molecule has 0 atom stereocenters. The van der Waals surface area contributed by atoms with Crippen LogP contribution < -0.4 is 24.8 Å². The zero-order chi connectivity index (χ0) is 8.72. The fourth-order valence-corrected chi connectivity index (χ4v) is 1.67. The molecule has 0 bridgehead atoms. The second-order valence-corrected chi connectivity index (χ2v) is 3.54. The predicted octanol–water partition coefficient (Wildman–Crippen LogP) is -2.51. The van der Waals surface area contributed by atoms with E-state index < -0.39 is 0 Å². The average molecular weight is 276 g/mol. The van der Waals surface area contributed by atoms with Gasteiger partial charge in [0.25, 0.3) is 0 Å². The third-order valence-corrected chi connectivity index (χ3v) is 2.58. The van der Waals surface area contributed by atoms with Crippen molar-refractivity contribution in [1.82, 2.24) is 0 Å². The van der Waals surface area contributed by atoms with Gasteiger partial charge in [-0.15, -0.1) is 40.6 Å². The molecule has 3 heteroatoms. The van der Waals surface area contributed by atoms with Crippen molar-refractivity contribution in [3.8, 4) is 0 Å². The minimum atomic E-state index is 0. The summed E-state index contributed by atoms with van der Waals surface area (Å²) < 4.78 is 0. The SMILES string of the molecule is Cc1ccc2[cH-]c(C)c(C)c2c1.[Cl-].[Cl-].[Ti+3]. The van der Waals surface area contributed by atoms with Gasteiger partial charge in [-0.25, -0.2) is 0 Å². The molecule has 0 spiro atoms. The third kappa shape index (κ3) is 3.29. The minimum absolute atomic E-state index is 0. The fourth-order valence-electron chi connectivity index (χ4n) is 1.67. The summed E-state index contributed by atoms with van der Waals surface area (Å²) >= 11 is 0. The average Bonchev–Trinajstić information content (AvgIpc) is 2.31. The van der Waals surface area contributed by atoms with E-state index in [0.29, 0.717) is 0 Å². The standard InChI is InChI=1S/C12H13.2ClH.Ti/c1-8-4-5-11-7-9(2)10(3)12(11)6-8;;;/h4-7H,1-3H3;2*1H;/q-1;;;+3/p-2. The van der Waals surface area contributed by atoms with Crippen molar-refractivity contribution in [3.05, 3.63) is 41.0 Å². The van der Waals surface area contributed by atoms with Crippen LogP contribution in [0, 0.1) is 20.8 Å². The summed E-state index contributed by atoms with van der Waals surface area (Å²) in [6.45, 7) is 6.50. The van der Waals surface area contributed by atoms with Crippen molar-refractivity contribution >= 4 is 10.8 Å². The quantitative estimate of drug-likeness (QED) is 0.368. The third-order valence-electron chi connectivity index (χ3n) is 2.58. The van der Waals surface area contributed by atoms with Crippen molar-refractivity contribution in [3.63, 3.8) is 0 Å². The molecule has 0 aliphatic heterocycles. The normalized spacial score (nSPS) is 8.73. The summed E-state index contributed by atoms with van der Waals surface area (Å²) in [6.07, 6.45) is 0. The smallest absolute Gasteiger partial charge is 1.00 e. The van der Waals surface area contributed by atoms with Crippen molar-refractivity contribution in [2.75, 3.05) is 0 Å². The first-order valence-electron chi connectivity index (χ1n) is 4.32. The predicted molar refractivity (Wildman–Crippen MR) is 53.8 cm³/mol. The van der Waals surface area contributed by atoms with Gasteiger partial charge in [0.2, 0.25) is 0 Å². The molecule has 2 aromatic carbocycles. The molecule has 79 valence electrons. The van der Waals surface area contributed by atoms with Gasteiger partial charge in [-0.2, -0.15) is 5.56 Å². The maximum atomic E-state index is 2.26. The van der Waals surface area contributed by atoms with E-state index in [1.165, 1.54) is 27.5 Å². The molecule has 0 heterocycles. The molecule has 0 fully saturated rings. The topological polar surface area (TPSA) is 0 Å². The van der Waals surface area contributed by atoms with E-state index in [2.05, 4.69) is 45.0 Å². The van der Waals surface area contributed by atoms with Gasteiger partial charge >= 0.3 is 21.7 Å². The minimum Gasteiger partial charge on any atom is -1.00 e. The van der Waals surface area contributed by atoms with Gasteiger partial charge < -0.3 is 24.8 Å². The Morgan fingerprint density at radius 1 is 1.00 bits per heavy atom. The molecule has 0 aromatic heterocycles. The summed E-state index contributed by atoms with van der Waals surface area (Å²) in [6, 6.07) is 8.88. The Bertz CT molecular complexity index is 432. The number of hydrogen-bond acceptors (Lipinski definition) is 0. The van der Waals surface area contributed by atoms with Gasteiger partial charge in [0.15, 0.2) is 0 Å².